The van der Waals surface area contributed by atoms with Crippen molar-refractivity contribution in [2.75, 3.05) is 6.79 Å². The zero-order chi connectivity index (χ0) is 16.4. The number of thioether (sulfide) groups is 1. The van der Waals surface area contributed by atoms with Crippen LogP contribution in [0.2, 0.25) is 5.02 Å². The van der Waals surface area contributed by atoms with Crippen LogP contribution >= 0.6 is 34.7 Å². The second-order valence-corrected chi connectivity index (χ2v) is 7.68. The molecule has 0 saturated carbocycles. The van der Waals surface area contributed by atoms with Crippen molar-refractivity contribution >= 4 is 34.7 Å². The molecule has 0 bridgehead atoms. The molecule has 1 aliphatic heterocycles. The number of H-pyrrole nitrogens is 1. The number of nitrogens with zero attached hydrogens (tertiary/aromatic N) is 2. The zero-order valence-electron chi connectivity index (χ0n) is 12.6. The second kappa shape index (κ2) is 7.14. The summed E-state index contributed by atoms with van der Waals surface area (Å²) in [7, 11) is 0. The summed E-state index contributed by atoms with van der Waals surface area (Å²) in [5, 5.41) is 10.8. The minimum atomic E-state index is 0.276. The standard InChI is InChI=1S/C16H14ClN3O2S2/c17-12-4-10-7-21-9-22-15(10)11(5-12)8-24-16-18-14(19-20-16)6-13-2-1-3-23-13/h1-5H,6-9H2,(H,18,19,20). The molecule has 1 N–H and O–H groups in total. The van der Waals surface area contributed by atoms with Crippen molar-refractivity contribution < 1.29 is 9.47 Å². The van der Waals surface area contributed by atoms with Crippen molar-refractivity contribution in [3.8, 4) is 5.75 Å². The van der Waals surface area contributed by atoms with Crippen LogP contribution in [0.15, 0.2) is 34.8 Å². The Hall–Kier alpha value is -1.54. The normalized spacial score (nSPS) is 13.5. The van der Waals surface area contributed by atoms with Gasteiger partial charge in [-0.25, -0.2) is 4.98 Å². The summed E-state index contributed by atoms with van der Waals surface area (Å²) in [4.78, 5) is 5.80. The first kappa shape index (κ1) is 16.0. The van der Waals surface area contributed by atoms with Gasteiger partial charge in [0.25, 0.3) is 0 Å². The largest absolute Gasteiger partial charge is 0.467 e. The van der Waals surface area contributed by atoms with E-state index in [2.05, 4.69) is 26.6 Å². The quantitative estimate of drug-likeness (QED) is 0.671. The molecule has 5 nitrogen and oxygen atoms in total. The third-order valence-corrected chi connectivity index (χ3v) is 5.53. The van der Waals surface area contributed by atoms with Gasteiger partial charge < -0.3 is 9.47 Å². The molecule has 0 atom stereocenters. The summed E-state index contributed by atoms with van der Waals surface area (Å²) in [6.07, 6.45) is 0.776. The van der Waals surface area contributed by atoms with E-state index in [-0.39, 0.29) is 6.79 Å². The van der Waals surface area contributed by atoms with Crippen LogP contribution in [0.5, 0.6) is 5.75 Å². The summed E-state index contributed by atoms with van der Waals surface area (Å²) >= 11 is 9.47. The number of thiophene rings is 1. The highest BCUT2D eigenvalue weighted by atomic mass is 35.5. The van der Waals surface area contributed by atoms with Gasteiger partial charge in [-0.05, 0) is 23.6 Å². The number of fused-ring (bicyclic) bond motifs is 1. The Kier molecular flexibility index (Phi) is 4.75. The number of hydrogen-bond acceptors (Lipinski definition) is 6. The molecule has 1 aromatic carbocycles. The van der Waals surface area contributed by atoms with Crippen molar-refractivity contribution in [3.63, 3.8) is 0 Å². The molecule has 0 spiro atoms. The van der Waals surface area contributed by atoms with Crippen molar-refractivity contribution in [1.82, 2.24) is 15.2 Å². The number of aromatic amines is 1. The van der Waals surface area contributed by atoms with Crippen molar-refractivity contribution in [2.24, 2.45) is 0 Å². The van der Waals surface area contributed by atoms with Gasteiger partial charge in [-0.15, -0.1) is 16.4 Å². The number of hydrogen-bond donors (Lipinski definition) is 1. The highest BCUT2D eigenvalue weighted by molar-refractivity contribution is 7.98. The lowest BCUT2D eigenvalue weighted by atomic mass is 10.1. The smallest absolute Gasteiger partial charge is 0.208 e. The fourth-order valence-corrected chi connectivity index (χ4v) is 4.26. The average Bonchev–Trinajstić information content (AvgIpc) is 3.25. The third kappa shape index (κ3) is 3.59. The van der Waals surface area contributed by atoms with Crippen LogP contribution in [0, 0.1) is 0 Å². The Morgan fingerprint density at radius 1 is 1.38 bits per heavy atom. The Balaban J connectivity index is 1.46. The third-order valence-electron chi connectivity index (χ3n) is 3.54. The SMILES string of the molecule is Clc1cc2c(c(CSc3n[nH]c(Cc4cccs4)n3)c1)OCOC2. The second-order valence-electron chi connectivity index (χ2n) is 5.27. The Morgan fingerprint density at radius 2 is 2.33 bits per heavy atom. The summed E-state index contributed by atoms with van der Waals surface area (Å²) in [5.41, 5.74) is 2.02. The van der Waals surface area contributed by atoms with E-state index < -0.39 is 0 Å². The zero-order valence-corrected chi connectivity index (χ0v) is 15.0. The molecule has 24 heavy (non-hydrogen) atoms. The molecule has 3 heterocycles. The van der Waals surface area contributed by atoms with E-state index in [0.29, 0.717) is 17.4 Å². The Labute approximate surface area is 152 Å². The van der Waals surface area contributed by atoms with E-state index in [4.69, 9.17) is 21.1 Å². The number of halogens is 1. The average molecular weight is 380 g/mol. The molecule has 0 radical (unpaired) electrons. The van der Waals surface area contributed by atoms with Gasteiger partial charge in [0.05, 0.1) is 6.61 Å². The highest BCUT2D eigenvalue weighted by Gasteiger charge is 2.17. The van der Waals surface area contributed by atoms with E-state index >= 15 is 0 Å². The first-order valence-electron chi connectivity index (χ1n) is 7.36. The van der Waals surface area contributed by atoms with Crippen molar-refractivity contribution in [3.05, 3.63) is 56.5 Å². The maximum Gasteiger partial charge on any atom is 0.208 e. The lowest BCUT2D eigenvalue weighted by molar-refractivity contribution is -0.0168. The van der Waals surface area contributed by atoms with Crippen LogP contribution in [0.1, 0.15) is 21.8 Å². The van der Waals surface area contributed by atoms with E-state index in [9.17, 15) is 0 Å². The van der Waals surface area contributed by atoms with Gasteiger partial charge in [0, 0.05) is 33.2 Å². The lowest BCUT2D eigenvalue weighted by Gasteiger charge is -2.20. The predicted octanol–water partition coefficient (Wildman–Crippen LogP) is 4.27. The van der Waals surface area contributed by atoms with E-state index in [0.717, 1.165) is 34.3 Å². The number of aromatic nitrogens is 3. The molecule has 3 aromatic rings. The minimum absolute atomic E-state index is 0.276. The fraction of sp³-hybridized carbons (Fsp3) is 0.250. The minimum Gasteiger partial charge on any atom is -0.467 e. The number of benzene rings is 1. The number of ether oxygens (including phenoxy) is 2. The van der Waals surface area contributed by atoms with E-state index in [1.807, 2.05) is 18.2 Å². The molecule has 0 fully saturated rings. The van der Waals surface area contributed by atoms with Gasteiger partial charge in [-0.3, -0.25) is 5.10 Å². The number of nitrogens with one attached hydrogen (secondary N) is 1. The summed E-state index contributed by atoms with van der Waals surface area (Å²) < 4.78 is 10.9. The van der Waals surface area contributed by atoms with Crippen LogP contribution in [-0.4, -0.2) is 22.0 Å². The Bertz CT molecular complexity index is 836. The van der Waals surface area contributed by atoms with Crippen LogP contribution in [0.3, 0.4) is 0 Å². The molecule has 1 aliphatic rings. The molecule has 2 aromatic heterocycles. The van der Waals surface area contributed by atoms with Crippen LogP contribution in [0.25, 0.3) is 0 Å². The molecule has 124 valence electrons. The molecule has 0 aliphatic carbocycles. The van der Waals surface area contributed by atoms with Crippen molar-refractivity contribution in [1.29, 1.82) is 0 Å². The van der Waals surface area contributed by atoms with Crippen molar-refractivity contribution in [2.45, 2.75) is 23.9 Å². The summed E-state index contributed by atoms with van der Waals surface area (Å²) in [6.45, 7) is 0.803. The first-order valence-corrected chi connectivity index (χ1v) is 9.60. The maximum atomic E-state index is 6.19. The van der Waals surface area contributed by atoms with Gasteiger partial charge in [0.1, 0.15) is 11.6 Å². The van der Waals surface area contributed by atoms with Crippen LogP contribution in [-0.2, 0) is 23.5 Å². The van der Waals surface area contributed by atoms with E-state index in [1.54, 1.807) is 23.1 Å². The molecule has 4 rings (SSSR count). The van der Waals surface area contributed by atoms with Gasteiger partial charge in [0.15, 0.2) is 6.79 Å². The lowest BCUT2D eigenvalue weighted by Crippen LogP contribution is -2.12. The first-order chi connectivity index (χ1) is 11.8. The van der Waals surface area contributed by atoms with Gasteiger partial charge in [-0.1, -0.05) is 29.4 Å². The topological polar surface area (TPSA) is 60.0 Å². The van der Waals surface area contributed by atoms with Crippen LogP contribution in [0.4, 0.5) is 0 Å². The Morgan fingerprint density at radius 3 is 3.21 bits per heavy atom. The molecular weight excluding hydrogens is 366 g/mol. The van der Waals surface area contributed by atoms with Gasteiger partial charge in [-0.2, -0.15) is 0 Å². The van der Waals surface area contributed by atoms with Crippen LogP contribution < -0.4 is 4.74 Å². The predicted molar refractivity (Wildman–Crippen MR) is 94.8 cm³/mol. The summed E-state index contributed by atoms with van der Waals surface area (Å²) in [6, 6.07) is 7.95. The molecule has 0 unspecified atom stereocenters. The monoisotopic (exact) mass is 379 g/mol. The fourth-order valence-electron chi connectivity index (χ4n) is 2.51. The number of rotatable bonds is 5. The summed E-state index contributed by atoms with van der Waals surface area (Å²) in [5.74, 6) is 2.43. The molecule has 0 amide bonds. The maximum absolute atomic E-state index is 6.19. The van der Waals surface area contributed by atoms with E-state index in [1.165, 1.54) is 4.88 Å². The molecule has 8 heteroatoms. The molecule has 0 saturated heterocycles. The van der Waals surface area contributed by atoms with Gasteiger partial charge >= 0.3 is 0 Å². The van der Waals surface area contributed by atoms with Gasteiger partial charge in [0.2, 0.25) is 5.16 Å². The molecular formula is C16H14ClN3O2S2. The highest BCUT2D eigenvalue weighted by Crippen LogP contribution is 2.34.